The van der Waals surface area contributed by atoms with Crippen LogP contribution in [0.25, 0.3) is 0 Å². The highest BCUT2D eigenvalue weighted by Gasteiger charge is 2.15. The van der Waals surface area contributed by atoms with Crippen LogP contribution in [0.4, 0.5) is 0 Å². The van der Waals surface area contributed by atoms with Gasteiger partial charge in [0.05, 0.1) is 6.42 Å². The molecule has 0 bridgehead atoms. The van der Waals surface area contributed by atoms with E-state index in [0.717, 1.165) is 5.56 Å². The summed E-state index contributed by atoms with van der Waals surface area (Å²) in [7, 11) is 0. The highest BCUT2D eigenvalue weighted by atomic mass is 35.5. The van der Waals surface area contributed by atoms with E-state index in [1.54, 1.807) is 25.1 Å². The van der Waals surface area contributed by atoms with Crippen LogP contribution in [0.1, 0.15) is 18.9 Å². The molecule has 0 aromatic heterocycles. The van der Waals surface area contributed by atoms with E-state index in [0.29, 0.717) is 16.5 Å². The molecule has 0 aliphatic heterocycles. The van der Waals surface area contributed by atoms with Gasteiger partial charge in [0.1, 0.15) is 0 Å². The first-order valence-electron chi connectivity index (χ1n) is 5.83. The fourth-order valence-corrected chi connectivity index (χ4v) is 2.06. The Labute approximate surface area is 121 Å². The lowest BCUT2D eigenvalue weighted by atomic mass is 10.0. The predicted octanol–water partition coefficient (Wildman–Crippen LogP) is 2.76. The first-order chi connectivity index (χ1) is 8.90. The molecule has 1 aromatic carbocycles. The quantitative estimate of drug-likeness (QED) is 0.849. The molecule has 0 unspecified atom stereocenters. The molecule has 0 fully saturated rings. The summed E-state index contributed by atoms with van der Waals surface area (Å²) >= 11 is 11.8. The Kier molecular flexibility index (Phi) is 6.12. The van der Waals surface area contributed by atoms with Gasteiger partial charge in [-0.3, -0.25) is 9.59 Å². The van der Waals surface area contributed by atoms with Gasteiger partial charge in [0.25, 0.3) is 0 Å². The number of hydrogen-bond acceptors (Lipinski definition) is 2. The van der Waals surface area contributed by atoms with Gasteiger partial charge in [0.2, 0.25) is 5.91 Å². The minimum atomic E-state index is -0.936. The third-order valence-corrected chi connectivity index (χ3v) is 3.21. The van der Waals surface area contributed by atoms with Crippen molar-refractivity contribution >= 4 is 35.1 Å². The molecular weight excluding hydrogens is 289 g/mol. The summed E-state index contributed by atoms with van der Waals surface area (Å²) in [5.74, 6) is -1.41. The zero-order valence-electron chi connectivity index (χ0n) is 10.5. The van der Waals surface area contributed by atoms with Crippen molar-refractivity contribution in [1.82, 2.24) is 5.32 Å². The molecule has 0 aliphatic carbocycles. The van der Waals surface area contributed by atoms with Gasteiger partial charge in [0, 0.05) is 22.5 Å². The summed E-state index contributed by atoms with van der Waals surface area (Å²) in [5.41, 5.74) is 0.840. The van der Waals surface area contributed by atoms with Crippen LogP contribution in [0.15, 0.2) is 18.2 Å². The molecule has 2 N–H and O–H groups in total. The maximum atomic E-state index is 11.7. The molecule has 1 atom stereocenters. The van der Waals surface area contributed by atoms with E-state index in [1.807, 2.05) is 0 Å². The number of carbonyl (C=O) groups is 2. The molecule has 1 rings (SSSR count). The topological polar surface area (TPSA) is 66.4 Å². The minimum absolute atomic E-state index is 0.0832. The van der Waals surface area contributed by atoms with Gasteiger partial charge in [-0.25, -0.2) is 0 Å². The number of carboxylic acid groups (broad SMARTS) is 1. The first-order valence-corrected chi connectivity index (χ1v) is 6.59. The zero-order chi connectivity index (χ0) is 14.4. The monoisotopic (exact) mass is 303 g/mol. The van der Waals surface area contributed by atoms with Crippen LogP contribution in [-0.2, 0) is 16.0 Å². The summed E-state index contributed by atoms with van der Waals surface area (Å²) < 4.78 is 0. The van der Waals surface area contributed by atoms with Crippen molar-refractivity contribution in [2.75, 3.05) is 6.54 Å². The van der Waals surface area contributed by atoms with Gasteiger partial charge in [-0.1, -0.05) is 36.2 Å². The number of aliphatic carboxylic acids is 1. The van der Waals surface area contributed by atoms with E-state index >= 15 is 0 Å². The molecule has 104 valence electrons. The summed E-state index contributed by atoms with van der Waals surface area (Å²) in [5, 5.41) is 12.1. The van der Waals surface area contributed by atoms with E-state index < -0.39 is 5.97 Å². The first kappa shape index (κ1) is 15.8. The second-order valence-corrected chi connectivity index (χ2v) is 5.12. The highest BCUT2D eigenvalue weighted by Crippen LogP contribution is 2.23. The van der Waals surface area contributed by atoms with Crippen molar-refractivity contribution in [3.8, 4) is 0 Å². The normalized spacial score (nSPS) is 11.9. The van der Waals surface area contributed by atoms with Crippen molar-refractivity contribution < 1.29 is 14.7 Å². The standard InChI is InChI=1S/C13H15Cl2NO3/c1-8(13(19)16-5-4-12(17)18)6-9-2-3-10(14)7-11(9)15/h2-3,7-8H,4-6H2,1H3,(H,16,19)(H,17,18)/t8-/m0/s1. The van der Waals surface area contributed by atoms with Crippen LogP contribution >= 0.6 is 23.2 Å². The molecule has 0 aliphatic rings. The average molecular weight is 304 g/mol. The van der Waals surface area contributed by atoms with Crippen LogP contribution < -0.4 is 5.32 Å². The zero-order valence-corrected chi connectivity index (χ0v) is 12.0. The van der Waals surface area contributed by atoms with Gasteiger partial charge in [-0.05, 0) is 24.1 Å². The van der Waals surface area contributed by atoms with Crippen LogP contribution in [0.3, 0.4) is 0 Å². The van der Waals surface area contributed by atoms with Crippen molar-refractivity contribution in [2.24, 2.45) is 5.92 Å². The molecule has 0 radical (unpaired) electrons. The third kappa shape index (κ3) is 5.49. The number of amides is 1. The predicted molar refractivity (Wildman–Crippen MR) is 74.6 cm³/mol. The summed E-state index contributed by atoms with van der Waals surface area (Å²) in [6.45, 7) is 1.90. The summed E-state index contributed by atoms with van der Waals surface area (Å²) in [4.78, 5) is 22.1. The van der Waals surface area contributed by atoms with Crippen LogP contribution in [0.5, 0.6) is 0 Å². The Bertz CT molecular complexity index is 477. The van der Waals surface area contributed by atoms with Gasteiger partial charge in [-0.2, -0.15) is 0 Å². The lowest BCUT2D eigenvalue weighted by Crippen LogP contribution is -2.32. The minimum Gasteiger partial charge on any atom is -0.481 e. The lowest BCUT2D eigenvalue weighted by Gasteiger charge is -2.12. The molecule has 1 aromatic rings. The fraction of sp³-hybridized carbons (Fsp3) is 0.385. The van der Waals surface area contributed by atoms with Crippen LogP contribution in [-0.4, -0.2) is 23.5 Å². The number of carboxylic acids is 1. The Morgan fingerprint density at radius 3 is 2.63 bits per heavy atom. The Hall–Kier alpha value is -1.26. The molecule has 0 saturated carbocycles. The molecule has 1 amide bonds. The van der Waals surface area contributed by atoms with E-state index in [1.165, 1.54) is 0 Å². The maximum Gasteiger partial charge on any atom is 0.305 e. The smallest absolute Gasteiger partial charge is 0.305 e. The Morgan fingerprint density at radius 2 is 2.05 bits per heavy atom. The van der Waals surface area contributed by atoms with Gasteiger partial charge >= 0.3 is 5.97 Å². The summed E-state index contributed by atoms with van der Waals surface area (Å²) in [6.07, 6.45) is 0.398. The third-order valence-electron chi connectivity index (χ3n) is 2.63. The van der Waals surface area contributed by atoms with Gasteiger partial charge in [0.15, 0.2) is 0 Å². The molecule has 0 saturated heterocycles. The molecule has 0 heterocycles. The lowest BCUT2D eigenvalue weighted by molar-refractivity contribution is -0.137. The number of benzene rings is 1. The number of nitrogens with one attached hydrogen (secondary N) is 1. The van der Waals surface area contributed by atoms with E-state index in [9.17, 15) is 9.59 Å². The van der Waals surface area contributed by atoms with Crippen molar-refractivity contribution in [3.05, 3.63) is 33.8 Å². The summed E-state index contributed by atoms with van der Waals surface area (Å²) in [6, 6.07) is 5.14. The largest absolute Gasteiger partial charge is 0.481 e. The van der Waals surface area contributed by atoms with Crippen molar-refractivity contribution in [1.29, 1.82) is 0 Å². The molecule has 4 nitrogen and oxygen atoms in total. The maximum absolute atomic E-state index is 11.7. The van der Waals surface area contributed by atoms with E-state index in [-0.39, 0.29) is 24.8 Å². The Morgan fingerprint density at radius 1 is 1.37 bits per heavy atom. The second kappa shape index (κ2) is 7.36. The number of carbonyl (C=O) groups excluding carboxylic acids is 1. The number of halogens is 2. The fourth-order valence-electron chi connectivity index (χ4n) is 1.58. The molecular formula is C13H15Cl2NO3. The van der Waals surface area contributed by atoms with E-state index in [2.05, 4.69) is 5.32 Å². The highest BCUT2D eigenvalue weighted by molar-refractivity contribution is 6.35. The average Bonchev–Trinajstić information content (AvgIpc) is 2.32. The molecule has 0 spiro atoms. The molecule has 6 heteroatoms. The van der Waals surface area contributed by atoms with Crippen LogP contribution in [0.2, 0.25) is 10.0 Å². The van der Waals surface area contributed by atoms with Gasteiger partial charge in [-0.15, -0.1) is 0 Å². The van der Waals surface area contributed by atoms with Crippen molar-refractivity contribution in [3.63, 3.8) is 0 Å². The Balaban J connectivity index is 2.51. The van der Waals surface area contributed by atoms with E-state index in [4.69, 9.17) is 28.3 Å². The number of hydrogen-bond donors (Lipinski definition) is 2. The van der Waals surface area contributed by atoms with Gasteiger partial charge < -0.3 is 10.4 Å². The van der Waals surface area contributed by atoms with Crippen molar-refractivity contribution in [2.45, 2.75) is 19.8 Å². The second-order valence-electron chi connectivity index (χ2n) is 4.28. The molecule has 19 heavy (non-hydrogen) atoms. The number of rotatable bonds is 6. The SMILES string of the molecule is C[C@@H](Cc1ccc(Cl)cc1Cl)C(=O)NCCC(=O)O. The van der Waals surface area contributed by atoms with Crippen LogP contribution in [0, 0.1) is 5.92 Å².